The molecule has 4 rings (SSSR count). The van der Waals surface area contributed by atoms with E-state index < -0.39 is 0 Å². The number of piperazine rings is 1. The number of rotatable bonds is 3. The Labute approximate surface area is 143 Å². The highest BCUT2D eigenvalue weighted by atomic mass is 35.5. The fraction of sp³-hybridized carbons (Fsp3) is 0.526. The molecule has 2 fully saturated rings. The molecule has 1 aliphatic carbocycles. The average molecular weight is 330 g/mol. The van der Waals surface area contributed by atoms with E-state index in [0.717, 1.165) is 31.7 Å². The average Bonchev–Trinajstić information content (AvgIpc) is 3.11. The van der Waals surface area contributed by atoms with Gasteiger partial charge in [-0.1, -0.05) is 42.6 Å². The quantitative estimate of drug-likeness (QED) is 0.862. The molecule has 1 N–H and O–H groups in total. The van der Waals surface area contributed by atoms with Crippen LogP contribution in [0.5, 0.6) is 0 Å². The zero-order valence-corrected chi connectivity index (χ0v) is 14.2. The smallest absolute Gasteiger partial charge is 0.134 e. The number of nitrogens with one attached hydrogen (secondary N) is 1. The Kier molecular flexibility index (Phi) is 4.52. The molecule has 2 aromatic rings. The Bertz CT molecular complexity index is 675. The van der Waals surface area contributed by atoms with Gasteiger partial charge in [-0.3, -0.25) is 4.90 Å². The molecule has 1 aromatic carbocycles. The predicted molar refractivity (Wildman–Crippen MR) is 95.9 cm³/mol. The molecule has 23 heavy (non-hydrogen) atoms. The summed E-state index contributed by atoms with van der Waals surface area (Å²) in [7, 11) is 0. The van der Waals surface area contributed by atoms with Gasteiger partial charge >= 0.3 is 0 Å². The van der Waals surface area contributed by atoms with Crippen LogP contribution < -0.4 is 5.32 Å². The topological polar surface area (TPSA) is 28.2 Å². The van der Waals surface area contributed by atoms with Crippen molar-refractivity contribution in [2.75, 3.05) is 26.2 Å². The first-order valence-corrected chi connectivity index (χ1v) is 9.21. The molecule has 1 saturated heterocycles. The number of halogens is 1. The molecule has 1 aliphatic heterocycles. The molecule has 0 unspecified atom stereocenters. The van der Waals surface area contributed by atoms with E-state index in [1.807, 2.05) is 12.1 Å². The summed E-state index contributed by atoms with van der Waals surface area (Å²) in [6, 6.07) is 11.0. The zero-order valence-electron chi connectivity index (χ0n) is 13.5. The fourth-order valence-electron chi connectivity index (χ4n) is 4.30. The second-order valence-electron chi connectivity index (χ2n) is 6.84. The van der Waals surface area contributed by atoms with Crippen molar-refractivity contribution in [3.8, 4) is 0 Å². The molecule has 0 amide bonds. The number of hydrogen-bond donors (Lipinski definition) is 1. The van der Waals surface area contributed by atoms with Crippen molar-refractivity contribution < 1.29 is 0 Å². The molecular formula is C19H24ClN3. The van der Waals surface area contributed by atoms with Crippen LogP contribution in [0, 0.1) is 5.92 Å². The van der Waals surface area contributed by atoms with Gasteiger partial charge < -0.3 is 5.32 Å². The first-order valence-electron chi connectivity index (χ1n) is 8.83. The third-order valence-electron chi connectivity index (χ3n) is 5.41. The van der Waals surface area contributed by atoms with Gasteiger partial charge in [0.1, 0.15) is 5.15 Å². The highest BCUT2D eigenvalue weighted by molar-refractivity contribution is 6.30. The fourth-order valence-corrected chi connectivity index (χ4v) is 4.56. The van der Waals surface area contributed by atoms with Gasteiger partial charge in [-0.15, -0.1) is 0 Å². The van der Waals surface area contributed by atoms with Crippen molar-refractivity contribution >= 4 is 22.5 Å². The van der Waals surface area contributed by atoms with Gasteiger partial charge in [0.2, 0.25) is 0 Å². The van der Waals surface area contributed by atoms with Crippen LogP contribution in [0.25, 0.3) is 10.9 Å². The third kappa shape index (κ3) is 3.10. The van der Waals surface area contributed by atoms with Crippen LogP contribution >= 0.6 is 11.6 Å². The molecule has 0 bridgehead atoms. The summed E-state index contributed by atoms with van der Waals surface area (Å²) in [5, 5.41) is 5.36. The summed E-state index contributed by atoms with van der Waals surface area (Å²) in [5.74, 6) is 0.716. The summed E-state index contributed by atoms with van der Waals surface area (Å²) < 4.78 is 0. The maximum atomic E-state index is 6.64. The zero-order chi connectivity index (χ0) is 15.6. The summed E-state index contributed by atoms with van der Waals surface area (Å²) in [6.07, 6.45) is 5.34. The molecule has 1 aromatic heterocycles. The predicted octanol–water partition coefficient (Wildman–Crippen LogP) is 4.02. The van der Waals surface area contributed by atoms with Gasteiger partial charge in [0.25, 0.3) is 0 Å². The number of fused-ring (bicyclic) bond motifs is 1. The van der Waals surface area contributed by atoms with Crippen LogP contribution in [0.1, 0.15) is 37.3 Å². The summed E-state index contributed by atoms with van der Waals surface area (Å²) in [6.45, 7) is 4.35. The molecule has 1 atom stereocenters. The Morgan fingerprint density at radius 3 is 2.65 bits per heavy atom. The van der Waals surface area contributed by atoms with E-state index in [1.54, 1.807) is 0 Å². The Hall–Kier alpha value is -1.16. The van der Waals surface area contributed by atoms with Gasteiger partial charge in [0.05, 0.1) is 5.52 Å². The third-order valence-corrected chi connectivity index (χ3v) is 5.72. The number of hydrogen-bond acceptors (Lipinski definition) is 3. The molecule has 1 saturated carbocycles. The van der Waals surface area contributed by atoms with Crippen molar-refractivity contribution in [2.45, 2.75) is 31.7 Å². The lowest BCUT2D eigenvalue weighted by atomic mass is 9.90. The van der Waals surface area contributed by atoms with Crippen molar-refractivity contribution in [1.82, 2.24) is 15.2 Å². The van der Waals surface area contributed by atoms with Crippen LogP contribution in [-0.2, 0) is 0 Å². The first-order chi connectivity index (χ1) is 11.3. The monoisotopic (exact) mass is 329 g/mol. The van der Waals surface area contributed by atoms with E-state index in [4.69, 9.17) is 11.6 Å². The number of aromatic nitrogens is 1. The van der Waals surface area contributed by atoms with Crippen LogP contribution in [0.2, 0.25) is 5.15 Å². The van der Waals surface area contributed by atoms with Crippen LogP contribution in [0.4, 0.5) is 0 Å². The number of para-hydroxylation sites is 1. The van der Waals surface area contributed by atoms with Crippen molar-refractivity contribution in [3.05, 3.63) is 41.0 Å². The summed E-state index contributed by atoms with van der Waals surface area (Å²) in [4.78, 5) is 7.31. The maximum Gasteiger partial charge on any atom is 0.134 e. The number of pyridine rings is 1. The molecule has 4 heteroatoms. The molecule has 2 heterocycles. The van der Waals surface area contributed by atoms with Crippen LogP contribution in [0.15, 0.2) is 30.3 Å². The Morgan fingerprint density at radius 1 is 1.13 bits per heavy atom. The van der Waals surface area contributed by atoms with Gasteiger partial charge in [-0.05, 0) is 30.9 Å². The Balaban J connectivity index is 1.76. The lowest BCUT2D eigenvalue weighted by molar-refractivity contribution is 0.125. The van der Waals surface area contributed by atoms with E-state index in [9.17, 15) is 0 Å². The van der Waals surface area contributed by atoms with Crippen LogP contribution in [0.3, 0.4) is 0 Å². The second-order valence-corrected chi connectivity index (χ2v) is 7.19. The van der Waals surface area contributed by atoms with Crippen molar-refractivity contribution in [2.24, 2.45) is 5.92 Å². The normalized spacial score (nSPS) is 21.8. The number of nitrogens with zero attached hydrogens (tertiary/aromatic N) is 2. The van der Waals surface area contributed by atoms with E-state index in [-0.39, 0.29) is 0 Å². The van der Waals surface area contributed by atoms with Gasteiger partial charge in [-0.2, -0.15) is 0 Å². The SMILES string of the molecule is Clc1nc2ccccc2cc1[C@@H](C1CCCC1)N1CCNCC1. The minimum absolute atomic E-state index is 0.421. The van der Waals surface area contributed by atoms with E-state index >= 15 is 0 Å². The maximum absolute atomic E-state index is 6.64. The highest BCUT2D eigenvalue weighted by Crippen LogP contribution is 2.42. The minimum Gasteiger partial charge on any atom is -0.314 e. The summed E-state index contributed by atoms with van der Waals surface area (Å²) in [5.41, 5.74) is 2.23. The second kappa shape index (κ2) is 6.76. The molecular weight excluding hydrogens is 306 g/mol. The first kappa shape index (κ1) is 15.4. The molecule has 0 radical (unpaired) electrons. The summed E-state index contributed by atoms with van der Waals surface area (Å²) >= 11 is 6.64. The largest absolute Gasteiger partial charge is 0.314 e. The van der Waals surface area contributed by atoms with Gasteiger partial charge in [0.15, 0.2) is 0 Å². The van der Waals surface area contributed by atoms with E-state index in [1.165, 1.54) is 36.6 Å². The minimum atomic E-state index is 0.421. The lowest BCUT2D eigenvalue weighted by Crippen LogP contribution is -2.46. The Morgan fingerprint density at radius 2 is 1.87 bits per heavy atom. The molecule has 122 valence electrons. The molecule has 3 nitrogen and oxygen atoms in total. The van der Waals surface area contributed by atoms with E-state index in [0.29, 0.717) is 17.1 Å². The molecule has 0 spiro atoms. The number of benzene rings is 1. The van der Waals surface area contributed by atoms with E-state index in [2.05, 4.69) is 33.4 Å². The lowest BCUT2D eigenvalue weighted by Gasteiger charge is -2.39. The van der Waals surface area contributed by atoms with Crippen molar-refractivity contribution in [1.29, 1.82) is 0 Å². The highest BCUT2D eigenvalue weighted by Gasteiger charge is 2.33. The van der Waals surface area contributed by atoms with Gasteiger partial charge in [0, 0.05) is 43.2 Å². The molecule has 2 aliphatic rings. The standard InChI is InChI=1S/C19H24ClN3/c20-19-16(13-15-7-3-4-8-17(15)22-19)18(14-5-1-2-6-14)23-11-9-21-10-12-23/h3-4,7-8,13-14,18,21H,1-2,5-6,9-12H2/t18-/m1/s1. The van der Waals surface area contributed by atoms with Gasteiger partial charge in [-0.25, -0.2) is 4.98 Å². The van der Waals surface area contributed by atoms with Crippen molar-refractivity contribution in [3.63, 3.8) is 0 Å². The van der Waals surface area contributed by atoms with Crippen LogP contribution in [-0.4, -0.2) is 36.1 Å².